The Morgan fingerprint density at radius 1 is 1.30 bits per heavy atom. The zero-order valence-electron chi connectivity index (χ0n) is 11.8. The first-order chi connectivity index (χ1) is 9.43. The fourth-order valence-electron chi connectivity index (χ4n) is 2.10. The summed E-state index contributed by atoms with van der Waals surface area (Å²) in [7, 11) is 0. The van der Waals surface area contributed by atoms with Crippen LogP contribution in [-0.2, 0) is 16.1 Å². The third-order valence-corrected chi connectivity index (χ3v) is 3.92. The topological polar surface area (TPSA) is 66.4 Å². The summed E-state index contributed by atoms with van der Waals surface area (Å²) in [5.74, 6) is -1.17. The lowest BCUT2D eigenvalue weighted by Crippen LogP contribution is -2.36. The van der Waals surface area contributed by atoms with Crippen LogP contribution in [0.2, 0.25) is 5.02 Å². The van der Waals surface area contributed by atoms with E-state index in [2.05, 4.69) is 5.32 Å². The molecule has 1 aromatic carbocycles. The average molecular weight is 298 g/mol. The minimum absolute atomic E-state index is 0.00407. The van der Waals surface area contributed by atoms with E-state index in [0.29, 0.717) is 24.4 Å². The van der Waals surface area contributed by atoms with Crippen LogP contribution in [0, 0.1) is 5.41 Å². The summed E-state index contributed by atoms with van der Waals surface area (Å²) in [4.78, 5) is 23.3. The Bertz CT molecular complexity index is 484. The Kier molecular flexibility index (Phi) is 6.02. The van der Waals surface area contributed by atoms with Gasteiger partial charge in [-0.3, -0.25) is 9.59 Å². The molecule has 0 unspecified atom stereocenters. The summed E-state index contributed by atoms with van der Waals surface area (Å²) in [5, 5.41) is 12.7. The van der Waals surface area contributed by atoms with Gasteiger partial charge in [-0.05, 0) is 30.5 Å². The molecule has 1 aromatic rings. The highest BCUT2D eigenvalue weighted by molar-refractivity contribution is 6.30. The molecule has 0 radical (unpaired) electrons. The van der Waals surface area contributed by atoms with Crippen LogP contribution in [0.1, 0.15) is 38.7 Å². The number of benzene rings is 1. The quantitative estimate of drug-likeness (QED) is 0.812. The summed E-state index contributed by atoms with van der Waals surface area (Å²) in [6.07, 6.45) is 0.864. The number of hydrogen-bond donors (Lipinski definition) is 2. The minimum Gasteiger partial charge on any atom is -0.481 e. The van der Waals surface area contributed by atoms with Crippen molar-refractivity contribution in [3.8, 4) is 0 Å². The van der Waals surface area contributed by atoms with Crippen LogP contribution < -0.4 is 5.32 Å². The standard InChI is InChI=1S/C15H20ClNO3/c1-3-15(4-2,14(19)20)9-13(18)17-10-11-6-5-7-12(16)8-11/h5-8H,3-4,9-10H2,1-2H3,(H,17,18)(H,19,20). The van der Waals surface area contributed by atoms with Gasteiger partial charge in [-0.15, -0.1) is 0 Å². The van der Waals surface area contributed by atoms with E-state index in [4.69, 9.17) is 11.6 Å². The maximum atomic E-state index is 11.9. The molecule has 0 heterocycles. The predicted molar refractivity (Wildman–Crippen MR) is 78.6 cm³/mol. The average Bonchev–Trinajstić information content (AvgIpc) is 2.42. The minimum atomic E-state index is -0.974. The van der Waals surface area contributed by atoms with E-state index in [1.807, 2.05) is 12.1 Å². The molecule has 0 saturated heterocycles. The summed E-state index contributed by atoms with van der Waals surface area (Å²) in [6.45, 7) is 3.94. The summed E-state index contributed by atoms with van der Waals surface area (Å²) in [6, 6.07) is 7.20. The number of aliphatic carboxylic acids is 1. The van der Waals surface area contributed by atoms with E-state index in [9.17, 15) is 14.7 Å². The van der Waals surface area contributed by atoms with Crippen molar-refractivity contribution in [1.29, 1.82) is 0 Å². The van der Waals surface area contributed by atoms with E-state index < -0.39 is 11.4 Å². The van der Waals surface area contributed by atoms with Crippen LogP contribution in [-0.4, -0.2) is 17.0 Å². The smallest absolute Gasteiger partial charge is 0.310 e. The summed E-state index contributed by atoms with van der Waals surface area (Å²) >= 11 is 5.86. The Balaban J connectivity index is 2.61. The molecule has 0 aromatic heterocycles. The molecule has 1 rings (SSSR count). The van der Waals surface area contributed by atoms with Gasteiger partial charge in [0.2, 0.25) is 5.91 Å². The van der Waals surface area contributed by atoms with Gasteiger partial charge in [0, 0.05) is 18.0 Å². The fourth-order valence-corrected chi connectivity index (χ4v) is 2.31. The van der Waals surface area contributed by atoms with Gasteiger partial charge in [-0.2, -0.15) is 0 Å². The lowest BCUT2D eigenvalue weighted by molar-refractivity contribution is -0.152. The second kappa shape index (κ2) is 7.29. The van der Waals surface area contributed by atoms with Crippen LogP contribution in [0.3, 0.4) is 0 Å². The van der Waals surface area contributed by atoms with Crippen LogP contribution in [0.5, 0.6) is 0 Å². The third kappa shape index (κ3) is 4.23. The number of halogens is 1. The molecule has 0 aliphatic heterocycles. The monoisotopic (exact) mass is 297 g/mol. The fraction of sp³-hybridized carbons (Fsp3) is 0.467. The molecule has 0 atom stereocenters. The molecule has 20 heavy (non-hydrogen) atoms. The molecule has 0 fully saturated rings. The third-order valence-electron chi connectivity index (χ3n) is 3.68. The highest BCUT2D eigenvalue weighted by atomic mass is 35.5. The van der Waals surface area contributed by atoms with Gasteiger partial charge in [0.15, 0.2) is 0 Å². The predicted octanol–water partition coefficient (Wildman–Crippen LogP) is 3.24. The Labute approximate surface area is 124 Å². The molecular formula is C15H20ClNO3. The van der Waals surface area contributed by atoms with Crippen molar-refractivity contribution in [1.82, 2.24) is 5.32 Å². The summed E-state index contributed by atoms with van der Waals surface area (Å²) < 4.78 is 0. The Morgan fingerprint density at radius 2 is 1.95 bits per heavy atom. The van der Waals surface area contributed by atoms with Gasteiger partial charge < -0.3 is 10.4 Å². The van der Waals surface area contributed by atoms with E-state index in [1.165, 1.54) is 0 Å². The molecule has 2 N–H and O–H groups in total. The largest absolute Gasteiger partial charge is 0.481 e. The van der Waals surface area contributed by atoms with Crippen molar-refractivity contribution >= 4 is 23.5 Å². The van der Waals surface area contributed by atoms with Crippen molar-refractivity contribution in [3.63, 3.8) is 0 Å². The van der Waals surface area contributed by atoms with Crippen molar-refractivity contribution < 1.29 is 14.7 Å². The van der Waals surface area contributed by atoms with Gasteiger partial charge >= 0.3 is 5.97 Å². The van der Waals surface area contributed by atoms with E-state index in [0.717, 1.165) is 5.56 Å². The molecule has 0 spiro atoms. The molecular weight excluding hydrogens is 278 g/mol. The molecule has 0 bridgehead atoms. The maximum absolute atomic E-state index is 11.9. The second-order valence-electron chi connectivity index (χ2n) is 4.88. The van der Waals surface area contributed by atoms with Gasteiger partial charge in [0.1, 0.15) is 0 Å². The molecule has 4 nitrogen and oxygen atoms in total. The second-order valence-corrected chi connectivity index (χ2v) is 5.31. The van der Waals surface area contributed by atoms with Crippen LogP contribution >= 0.6 is 11.6 Å². The van der Waals surface area contributed by atoms with Gasteiger partial charge in [0.05, 0.1) is 5.41 Å². The zero-order chi connectivity index (χ0) is 15.2. The van der Waals surface area contributed by atoms with Gasteiger partial charge in [-0.1, -0.05) is 37.6 Å². The van der Waals surface area contributed by atoms with Crippen molar-refractivity contribution in [2.45, 2.75) is 39.7 Å². The zero-order valence-corrected chi connectivity index (χ0v) is 12.5. The number of hydrogen-bond acceptors (Lipinski definition) is 2. The Morgan fingerprint density at radius 3 is 2.45 bits per heavy atom. The number of carbonyl (C=O) groups excluding carboxylic acids is 1. The molecule has 0 aliphatic rings. The first-order valence-corrected chi connectivity index (χ1v) is 7.06. The van der Waals surface area contributed by atoms with Crippen molar-refractivity contribution in [3.05, 3.63) is 34.9 Å². The van der Waals surface area contributed by atoms with Crippen LogP contribution in [0.15, 0.2) is 24.3 Å². The molecule has 1 amide bonds. The van der Waals surface area contributed by atoms with E-state index >= 15 is 0 Å². The molecule has 5 heteroatoms. The van der Waals surface area contributed by atoms with Gasteiger partial charge in [-0.25, -0.2) is 0 Å². The highest BCUT2D eigenvalue weighted by Crippen LogP contribution is 2.30. The van der Waals surface area contributed by atoms with Crippen LogP contribution in [0.25, 0.3) is 0 Å². The highest BCUT2D eigenvalue weighted by Gasteiger charge is 2.36. The van der Waals surface area contributed by atoms with E-state index in [-0.39, 0.29) is 12.3 Å². The summed E-state index contributed by atoms with van der Waals surface area (Å²) in [5.41, 5.74) is -0.0851. The lowest BCUT2D eigenvalue weighted by Gasteiger charge is -2.25. The maximum Gasteiger partial charge on any atom is 0.310 e. The van der Waals surface area contributed by atoms with Gasteiger partial charge in [0.25, 0.3) is 0 Å². The number of amides is 1. The number of nitrogens with one attached hydrogen (secondary N) is 1. The first-order valence-electron chi connectivity index (χ1n) is 6.68. The Hall–Kier alpha value is -1.55. The van der Waals surface area contributed by atoms with Crippen LogP contribution in [0.4, 0.5) is 0 Å². The lowest BCUT2D eigenvalue weighted by atomic mass is 9.79. The number of carboxylic acid groups (broad SMARTS) is 1. The van der Waals surface area contributed by atoms with Crippen molar-refractivity contribution in [2.24, 2.45) is 5.41 Å². The van der Waals surface area contributed by atoms with E-state index in [1.54, 1.807) is 26.0 Å². The number of carbonyl (C=O) groups is 2. The molecule has 0 saturated carbocycles. The number of carboxylic acids is 1. The number of rotatable bonds is 7. The molecule has 110 valence electrons. The molecule has 0 aliphatic carbocycles. The normalized spacial score (nSPS) is 11.2. The van der Waals surface area contributed by atoms with Crippen molar-refractivity contribution in [2.75, 3.05) is 0 Å². The first kappa shape index (κ1) is 16.5. The SMILES string of the molecule is CCC(CC)(CC(=O)NCc1cccc(Cl)c1)C(=O)O.